The lowest BCUT2D eigenvalue weighted by Crippen LogP contribution is -2.30. The van der Waals surface area contributed by atoms with Crippen molar-refractivity contribution in [3.63, 3.8) is 0 Å². The van der Waals surface area contributed by atoms with Gasteiger partial charge in [-0.1, -0.05) is 24.3 Å². The second-order valence-corrected chi connectivity index (χ2v) is 5.34. The molecule has 1 aromatic heterocycles. The van der Waals surface area contributed by atoms with Gasteiger partial charge in [0.25, 0.3) is 0 Å². The number of H-pyrrole nitrogens is 1. The maximum atomic E-state index is 12.3. The van der Waals surface area contributed by atoms with Crippen molar-refractivity contribution in [1.29, 1.82) is 0 Å². The van der Waals surface area contributed by atoms with Crippen LogP contribution >= 0.6 is 0 Å². The van der Waals surface area contributed by atoms with Crippen LogP contribution in [0.15, 0.2) is 29.1 Å². The van der Waals surface area contributed by atoms with E-state index in [0.29, 0.717) is 18.8 Å². The van der Waals surface area contributed by atoms with Crippen molar-refractivity contribution in [2.75, 3.05) is 6.54 Å². The van der Waals surface area contributed by atoms with Gasteiger partial charge in [0.05, 0.1) is 5.92 Å². The lowest BCUT2D eigenvalue weighted by molar-refractivity contribution is -0.122. The minimum absolute atomic E-state index is 0.0517. The highest BCUT2D eigenvalue weighted by Gasteiger charge is 2.27. The van der Waals surface area contributed by atoms with Crippen molar-refractivity contribution in [1.82, 2.24) is 20.1 Å². The topological polar surface area (TPSA) is 79.8 Å². The summed E-state index contributed by atoms with van der Waals surface area (Å²) in [5.74, 6) is 0.650. The molecule has 6 nitrogen and oxygen atoms in total. The van der Waals surface area contributed by atoms with Gasteiger partial charge >= 0.3 is 5.69 Å². The van der Waals surface area contributed by atoms with Crippen molar-refractivity contribution in [2.45, 2.75) is 25.2 Å². The fourth-order valence-corrected chi connectivity index (χ4v) is 2.85. The lowest BCUT2D eigenvalue weighted by Gasteiger charge is -2.12. The molecule has 6 heteroatoms. The first-order valence-corrected chi connectivity index (χ1v) is 7.12. The zero-order valence-corrected chi connectivity index (χ0v) is 11.9. The van der Waals surface area contributed by atoms with Gasteiger partial charge in [0.15, 0.2) is 0 Å². The van der Waals surface area contributed by atoms with Crippen LogP contribution in [0.1, 0.15) is 29.3 Å². The van der Waals surface area contributed by atoms with Gasteiger partial charge in [-0.15, -0.1) is 0 Å². The van der Waals surface area contributed by atoms with Gasteiger partial charge in [-0.2, -0.15) is 5.10 Å². The summed E-state index contributed by atoms with van der Waals surface area (Å²) in [5, 5.41) is 9.25. The minimum atomic E-state index is -0.235. The first kappa shape index (κ1) is 13.6. The Kier molecular flexibility index (Phi) is 3.60. The highest BCUT2D eigenvalue weighted by molar-refractivity contribution is 5.84. The summed E-state index contributed by atoms with van der Waals surface area (Å²) in [7, 11) is 1.66. The van der Waals surface area contributed by atoms with Crippen molar-refractivity contribution in [3.05, 3.63) is 51.7 Å². The number of aryl methyl sites for hydroxylation is 1. The molecule has 0 radical (unpaired) electrons. The van der Waals surface area contributed by atoms with E-state index >= 15 is 0 Å². The predicted octanol–water partition coefficient (Wildman–Crippen LogP) is 0.497. The first-order chi connectivity index (χ1) is 10.2. The van der Waals surface area contributed by atoms with Crippen molar-refractivity contribution < 1.29 is 4.79 Å². The summed E-state index contributed by atoms with van der Waals surface area (Å²) in [5.41, 5.74) is 2.18. The quantitative estimate of drug-likeness (QED) is 0.859. The molecule has 1 aliphatic carbocycles. The molecule has 0 bridgehead atoms. The summed E-state index contributed by atoms with van der Waals surface area (Å²) in [6.45, 7) is 0.482. The number of benzene rings is 1. The number of aromatic nitrogens is 3. The number of nitrogens with one attached hydrogen (secondary N) is 2. The summed E-state index contributed by atoms with van der Waals surface area (Å²) >= 11 is 0. The van der Waals surface area contributed by atoms with Crippen LogP contribution in [0.2, 0.25) is 0 Å². The third kappa shape index (κ3) is 2.61. The van der Waals surface area contributed by atoms with Crippen LogP contribution in [0, 0.1) is 0 Å². The van der Waals surface area contributed by atoms with Gasteiger partial charge in [-0.05, 0) is 24.0 Å². The molecule has 1 atom stereocenters. The molecule has 0 saturated heterocycles. The average molecular weight is 286 g/mol. The molecular formula is C15H18N4O2. The maximum absolute atomic E-state index is 12.3. The highest BCUT2D eigenvalue weighted by atomic mass is 16.2. The van der Waals surface area contributed by atoms with Gasteiger partial charge in [0.1, 0.15) is 5.82 Å². The van der Waals surface area contributed by atoms with E-state index < -0.39 is 0 Å². The van der Waals surface area contributed by atoms with E-state index in [1.54, 1.807) is 7.05 Å². The van der Waals surface area contributed by atoms with Crippen molar-refractivity contribution in [3.8, 4) is 0 Å². The molecule has 0 spiro atoms. The molecule has 110 valence electrons. The Morgan fingerprint density at radius 3 is 3.05 bits per heavy atom. The number of rotatable bonds is 4. The Morgan fingerprint density at radius 1 is 1.48 bits per heavy atom. The Morgan fingerprint density at radius 2 is 2.29 bits per heavy atom. The Balaban J connectivity index is 1.58. The molecule has 0 saturated carbocycles. The molecule has 0 aliphatic heterocycles. The van der Waals surface area contributed by atoms with E-state index in [1.165, 1.54) is 10.1 Å². The molecule has 0 fully saturated rings. The number of aromatic amines is 1. The molecule has 1 amide bonds. The number of fused-ring (bicyclic) bond motifs is 1. The SMILES string of the molecule is Cn1c(CCNC(=O)[C@@H]2CCc3ccccc32)n[nH]c1=O. The van der Waals surface area contributed by atoms with E-state index in [9.17, 15) is 9.59 Å². The van der Waals surface area contributed by atoms with Gasteiger partial charge < -0.3 is 5.32 Å². The molecule has 2 aromatic rings. The smallest absolute Gasteiger partial charge is 0.343 e. The number of hydrogen-bond donors (Lipinski definition) is 2. The molecule has 2 N–H and O–H groups in total. The number of carbonyl (C=O) groups is 1. The average Bonchev–Trinajstić information content (AvgIpc) is 3.05. The van der Waals surface area contributed by atoms with Crippen LogP contribution in [0.4, 0.5) is 0 Å². The Hall–Kier alpha value is -2.37. The number of carbonyl (C=O) groups excluding carboxylic acids is 1. The Bertz CT molecular complexity index is 716. The van der Waals surface area contributed by atoms with Crippen molar-refractivity contribution >= 4 is 5.91 Å². The van der Waals surface area contributed by atoms with Crippen LogP contribution in [-0.4, -0.2) is 27.2 Å². The van der Waals surface area contributed by atoms with E-state index in [4.69, 9.17) is 0 Å². The first-order valence-electron chi connectivity index (χ1n) is 7.12. The van der Waals surface area contributed by atoms with Gasteiger partial charge in [-0.25, -0.2) is 9.89 Å². The third-order valence-electron chi connectivity index (χ3n) is 4.07. The van der Waals surface area contributed by atoms with Crippen LogP contribution in [0.25, 0.3) is 0 Å². The molecule has 1 aromatic carbocycles. The van der Waals surface area contributed by atoms with Gasteiger partial charge in [-0.3, -0.25) is 9.36 Å². The molecule has 1 aliphatic rings. The normalized spacial score (nSPS) is 16.7. The summed E-state index contributed by atoms with van der Waals surface area (Å²) < 4.78 is 1.46. The molecule has 3 rings (SSSR count). The van der Waals surface area contributed by atoms with Crippen LogP contribution < -0.4 is 11.0 Å². The summed E-state index contributed by atoms with van der Waals surface area (Å²) in [6.07, 6.45) is 2.36. The Labute approximate surface area is 122 Å². The van der Waals surface area contributed by atoms with Crippen molar-refractivity contribution in [2.24, 2.45) is 7.05 Å². The van der Waals surface area contributed by atoms with Gasteiger partial charge in [0, 0.05) is 20.0 Å². The van der Waals surface area contributed by atoms with E-state index in [1.807, 2.05) is 18.2 Å². The largest absolute Gasteiger partial charge is 0.355 e. The molecule has 1 heterocycles. The monoisotopic (exact) mass is 286 g/mol. The summed E-state index contributed by atoms with van der Waals surface area (Å²) in [6, 6.07) is 8.10. The minimum Gasteiger partial charge on any atom is -0.355 e. The summed E-state index contributed by atoms with van der Waals surface area (Å²) in [4.78, 5) is 23.5. The van der Waals surface area contributed by atoms with Crippen LogP contribution in [0.5, 0.6) is 0 Å². The molecule has 0 unspecified atom stereocenters. The lowest BCUT2D eigenvalue weighted by atomic mass is 10.0. The number of nitrogens with zero attached hydrogens (tertiary/aromatic N) is 2. The fraction of sp³-hybridized carbons (Fsp3) is 0.400. The number of hydrogen-bond acceptors (Lipinski definition) is 3. The standard InChI is InChI=1S/C15H18N4O2/c1-19-13(17-18-15(19)21)8-9-16-14(20)12-7-6-10-4-2-3-5-11(10)12/h2-5,12H,6-9H2,1H3,(H,16,20)(H,18,21)/t12-/m1/s1. The second-order valence-electron chi connectivity index (χ2n) is 5.34. The number of amides is 1. The maximum Gasteiger partial charge on any atom is 0.343 e. The van der Waals surface area contributed by atoms with E-state index in [-0.39, 0.29) is 17.5 Å². The fourth-order valence-electron chi connectivity index (χ4n) is 2.85. The van der Waals surface area contributed by atoms with E-state index in [2.05, 4.69) is 21.6 Å². The van der Waals surface area contributed by atoms with E-state index in [0.717, 1.165) is 18.4 Å². The zero-order chi connectivity index (χ0) is 14.8. The second kappa shape index (κ2) is 5.55. The third-order valence-corrected chi connectivity index (χ3v) is 4.07. The zero-order valence-electron chi connectivity index (χ0n) is 11.9. The highest BCUT2D eigenvalue weighted by Crippen LogP contribution is 2.32. The van der Waals surface area contributed by atoms with Crippen LogP contribution in [0.3, 0.4) is 0 Å². The molecule has 21 heavy (non-hydrogen) atoms. The van der Waals surface area contributed by atoms with Crippen LogP contribution in [-0.2, 0) is 24.7 Å². The van der Waals surface area contributed by atoms with Gasteiger partial charge in [0.2, 0.25) is 5.91 Å². The molecular weight excluding hydrogens is 268 g/mol. The predicted molar refractivity (Wildman–Crippen MR) is 78.0 cm³/mol.